The predicted octanol–water partition coefficient (Wildman–Crippen LogP) is 0.0202. The van der Waals surface area contributed by atoms with Gasteiger partial charge in [-0.15, -0.1) is 4.52 Å². The second-order valence-electron chi connectivity index (χ2n) is 6.19. The number of aliphatic hydroxyl groups excluding tert-OH is 1. The number of nitrogen functional groups attached to an aromatic ring is 1. The molecule has 10 heteroatoms. The SMILES string of the molecule is C[P+](=O)OC[C@]12O[C@@H](n3ccc(N)nc3=O)[C@H](OC1(C)C)[C@@H]2O. The van der Waals surface area contributed by atoms with Gasteiger partial charge in [-0.05, 0) is 24.5 Å². The van der Waals surface area contributed by atoms with Gasteiger partial charge in [0.25, 0.3) is 0 Å². The second-order valence-corrected chi connectivity index (χ2v) is 7.33. The Kier molecular flexibility index (Phi) is 3.81. The van der Waals surface area contributed by atoms with Crippen LogP contribution in [0.15, 0.2) is 17.1 Å². The number of fused-ring (bicyclic) bond motifs is 2. The third-order valence-corrected chi connectivity index (χ3v) is 4.93. The minimum absolute atomic E-state index is 0.0947. The molecule has 9 nitrogen and oxygen atoms in total. The molecule has 2 aliphatic rings. The lowest BCUT2D eigenvalue weighted by Crippen LogP contribution is -2.57. The molecule has 1 aromatic rings. The van der Waals surface area contributed by atoms with E-state index in [-0.39, 0.29) is 12.4 Å². The van der Waals surface area contributed by atoms with Crippen LogP contribution in [0.2, 0.25) is 0 Å². The van der Waals surface area contributed by atoms with Crippen LogP contribution >= 0.6 is 8.03 Å². The van der Waals surface area contributed by atoms with Crippen molar-refractivity contribution in [2.24, 2.45) is 0 Å². The summed E-state index contributed by atoms with van der Waals surface area (Å²) in [6, 6.07) is 1.46. The van der Waals surface area contributed by atoms with Crippen molar-refractivity contribution in [3.63, 3.8) is 0 Å². The zero-order chi connectivity index (χ0) is 17.0. The van der Waals surface area contributed by atoms with E-state index in [4.69, 9.17) is 19.7 Å². The number of aromatic nitrogens is 2. The summed E-state index contributed by atoms with van der Waals surface area (Å²) in [6.45, 7) is 4.81. The number of rotatable bonds is 4. The van der Waals surface area contributed by atoms with Crippen molar-refractivity contribution in [3.8, 4) is 0 Å². The van der Waals surface area contributed by atoms with E-state index in [1.165, 1.54) is 23.5 Å². The molecule has 0 amide bonds. The Labute approximate surface area is 133 Å². The van der Waals surface area contributed by atoms with Gasteiger partial charge in [-0.3, -0.25) is 4.57 Å². The standard InChI is InChI=1S/C13H18N3O6P/c1-12(2)13(6-20-23(3)19)9(17)8(21-12)10(22-13)16-5-4-7(14)15-11(16)18/h4-5,8-10,17H,6H2,1-3H3,(H-,14,15,18)/p+1/t8-,9+,10-,13-/m1/s1. The van der Waals surface area contributed by atoms with Gasteiger partial charge in [-0.1, -0.05) is 0 Å². The fourth-order valence-corrected chi connectivity index (χ4v) is 3.52. The van der Waals surface area contributed by atoms with Gasteiger partial charge < -0.3 is 20.3 Å². The molecule has 1 aromatic heterocycles. The van der Waals surface area contributed by atoms with Gasteiger partial charge in [0.05, 0.1) is 5.60 Å². The van der Waals surface area contributed by atoms with Crippen molar-refractivity contribution >= 4 is 13.8 Å². The highest BCUT2D eigenvalue weighted by molar-refractivity contribution is 7.38. The fraction of sp³-hybridized carbons (Fsp3) is 0.692. The molecule has 1 unspecified atom stereocenters. The third kappa shape index (κ3) is 2.40. The molecular formula is C13H19N3O6P+. The monoisotopic (exact) mass is 344 g/mol. The van der Waals surface area contributed by atoms with Crippen LogP contribution < -0.4 is 11.4 Å². The molecule has 2 saturated heterocycles. The Morgan fingerprint density at radius 2 is 2.22 bits per heavy atom. The van der Waals surface area contributed by atoms with Crippen LogP contribution in [0.25, 0.3) is 0 Å². The number of nitrogens with zero attached hydrogens (tertiary/aromatic N) is 2. The number of nitrogens with two attached hydrogens (primary N) is 1. The van der Waals surface area contributed by atoms with Crippen LogP contribution in [-0.4, -0.2) is 51.3 Å². The number of hydrogen-bond donors (Lipinski definition) is 2. The number of anilines is 1. The van der Waals surface area contributed by atoms with Crippen molar-refractivity contribution in [1.82, 2.24) is 9.55 Å². The molecule has 0 saturated carbocycles. The average molecular weight is 344 g/mol. The molecule has 2 aliphatic heterocycles. The molecule has 3 heterocycles. The van der Waals surface area contributed by atoms with Gasteiger partial charge in [0.1, 0.15) is 24.6 Å². The second kappa shape index (κ2) is 5.32. The van der Waals surface area contributed by atoms with Crippen LogP contribution in [0.5, 0.6) is 0 Å². The molecule has 2 fully saturated rings. The molecule has 0 aromatic carbocycles. The molecule has 23 heavy (non-hydrogen) atoms. The Morgan fingerprint density at radius 1 is 1.52 bits per heavy atom. The van der Waals surface area contributed by atoms with Crippen LogP contribution in [-0.2, 0) is 18.6 Å². The highest BCUT2D eigenvalue weighted by Gasteiger charge is 2.71. The number of ether oxygens (including phenoxy) is 2. The van der Waals surface area contributed by atoms with Crippen molar-refractivity contribution in [2.75, 3.05) is 19.0 Å². The zero-order valence-corrected chi connectivity index (χ0v) is 13.9. The van der Waals surface area contributed by atoms with Crippen molar-refractivity contribution in [3.05, 3.63) is 22.7 Å². The lowest BCUT2D eigenvalue weighted by molar-refractivity contribution is -0.255. The van der Waals surface area contributed by atoms with E-state index in [2.05, 4.69) is 4.98 Å². The fourth-order valence-electron chi connectivity index (χ4n) is 3.15. The maximum absolute atomic E-state index is 12.0. The summed E-state index contributed by atoms with van der Waals surface area (Å²) < 4.78 is 29.6. The quantitative estimate of drug-likeness (QED) is 0.732. The molecule has 5 atom stereocenters. The predicted molar refractivity (Wildman–Crippen MR) is 80.2 cm³/mol. The summed E-state index contributed by atoms with van der Waals surface area (Å²) in [4.78, 5) is 15.7. The molecule has 2 bridgehead atoms. The van der Waals surface area contributed by atoms with Gasteiger partial charge >= 0.3 is 13.7 Å². The minimum Gasteiger partial charge on any atom is -0.387 e. The largest absolute Gasteiger partial charge is 0.504 e. The summed E-state index contributed by atoms with van der Waals surface area (Å²) in [5.74, 6) is 0.0947. The molecule has 126 valence electrons. The maximum Gasteiger partial charge on any atom is 0.504 e. The molecular weight excluding hydrogens is 325 g/mol. The molecule has 0 radical (unpaired) electrons. The normalized spacial score (nSPS) is 35.5. The Balaban J connectivity index is 1.97. The van der Waals surface area contributed by atoms with Crippen LogP contribution in [0.1, 0.15) is 20.1 Å². The van der Waals surface area contributed by atoms with Crippen molar-refractivity contribution in [1.29, 1.82) is 0 Å². The third-order valence-electron chi connectivity index (χ3n) is 4.44. The smallest absolute Gasteiger partial charge is 0.387 e. The van der Waals surface area contributed by atoms with Crippen LogP contribution in [0.3, 0.4) is 0 Å². The van der Waals surface area contributed by atoms with Crippen LogP contribution in [0, 0.1) is 0 Å². The zero-order valence-electron chi connectivity index (χ0n) is 13.0. The van der Waals surface area contributed by atoms with Crippen molar-refractivity contribution in [2.45, 2.75) is 43.5 Å². The highest BCUT2D eigenvalue weighted by atomic mass is 31.1. The van der Waals surface area contributed by atoms with Gasteiger partial charge in [-0.2, -0.15) is 4.98 Å². The van der Waals surface area contributed by atoms with E-state index in [9.17, 15) is 14.5 Å². The van der Waals surface area contributed by atoms with Crippen LogP contribution in [0.4, 0.5) is 5.82 Å². The molecule has 0 aliphatic carbocycles. The highest BCUT2D eigenvalue weighted by Crippen LogP contribution is 2.54. The van der Waals surface area contributed by atoms with E-state index in [0.717, 1.165) is 0 Å². The van der Waals surface area contributed by atoms with Gasteiger partial charge in [0.15, 0.2) is 18.5 Å². The van der Waals surface area contributed by atoms with E-state index in [1.807, 2.05) is 0 Å². The first kappa shape index (κ1) is 16.5. The molecule has 3 N–H and O–H groups in total. The topological polar surface area (TPSA) is 126 Å². The molecule has 0 spiro atoms. The van der Waals surface area contributed by atoms with Gasteiger partial charge in [-0.25, -0.2) is 4.79 Å². The van der Waals surface area contributed by atoms with E-state index in [0.29, 0.717) is 0 Å². The minimum atomic E-state index is -1.87. The molecule has 3 rings (SSSR count). The number of aliphatic hydroxyl groups is 1. The summed E-state index contributed by atoms with van der Waals surface area (Å²) in [7, 11) is -1.87. The van der Waals surface area contributed by atoms with Crippen molar-refractivity contribution < 1.29 is 23.7 Å². The van der Waals surface area contributed by atoms with E-state index < -0.39 is 43.4 Å². The summed E-state index contributed by atoms with van der Waals surface area (Å²) in [5.41, 5.74) is 2.77. The number of hydrogen-bond acceptors (Lipinski definition) is 8. The maximum atomic E-state index is 12.0. The first-order valence-electron chi connectivity index (χ1n) is 7.10. The first-order valence-corrected chi connectivity index (χ1v) is 8.72. The Morgan fingerprint density at radius 3 is 2.83 bits per heavy atom. The summed E-state index contributed by atoms with van der Waals surface area (Å²) >= 11 is 0. The Hall–Kier alpha value is -1.38. The van der Waals surface area contributed by atoms with Gasteiger partial charge in [0.2, 0.25) is 0 Å². The lowest BCUT2D eigenvalue weighted by atomic mass is 9.84. The summed E-state index contributed by atoms with van der Waals surface area (Å²) in [5, 5.41) is 10.6. The van der Waals surface area contributed by atoms with E-state index >= 15 is 0 Å². The first-order chi connectivity index (χ1) is 10.7. The van der Waals surface area contributed by atoms with E-state index in [1.54, 1.807) is 13.8 Å². The lowest BCUT2D eigenvalue weighted by Gasteiger charge is -2.41. The average Bonchev–Trinajstić information content (AvgIpc) is 2.81. The Bertz CT molecular complexity index is 707. The summed E-state index contributed by atoms with van der Waals surface area (Å²) in [6.07, 6.45) is -1.24. The van der Waals surface area contributed by atoms with Gasteiger partial charge in [0, 0.05) is 6.20 Å².